The van der Waals surface area contributed by atoms with Crippen LogP contribution < -0.4 is 0 Å². The summed E-state index contributed by atoms with van der Waals surface area (Å²) in [7, 11) is 0. The number of hydrogen-bond donors (Lipinski definition) is 0. The molecule has 8 aromatic carbocycles. The monoisotopic (exact) mass is 691 g/mol. The molecule has 9 aromatic rings. The van der Waals surface area contributed by atoms with Gasteiger partial charge in [0.1, 0.15) is 0 Å². The molecule has 3 heteroatoms. The summed E-state index contributed by atoms with van der Waals surface area (Å²) in [6, 6.07) is 60.8. The standard InChI is InChI=1S/C51H37N3/c1-32-24-26-39-41(28-32)47(34-18-10-5-11-19-34)42-30-40-38-27-25-37(29-44(38)51(2,3)45(40)31-43(42)46(39)33-16-8-4-9-17-33)50-53-48(35-20-12-6-13-21-35)52-49(54-50)36-22-14-7-15-23-36/h4-31H,1-3H3. The first kappa shape index (κ1) is 32.0. The zero-order chi connectivity index (χ0) is 36.4. The molecule has 0 atom stereocenters. The second-order valence-electron chi connectivity index (χ2n) is 14.9. The molecule has 0 spiro atoms. The molecule has 10 rings (SSSR count). The third-order valence-electron chi connectivity index (χ3n) is 11.1. The summed E-state index contributed by atoms with van der Waals surface area (Å²) in [5, 5.41) is 5.08. The van der Waals surface area contributed by atoms with Crippen molar-refractivity contribution in [2.75, 3.05) is 0 Å². The van der Waals surface area contributed by atoms with E-state index in [2.05, 4.69) is 154 Å². The van der Waals surface area contributed by atoms with Crippen LogP contribution >= 0.6 is 0 Å². The lowest BCUT2D eigenvalue weighted by Gasteiger charge is -2.24. The van der Waals surface area contributed by atoms with Crippen molar-refractivity contribution in [1.82, 2.24) is 15.0 Å². The number of nitrogens with zero attached hydrogens (tertiary/aromatic N) is 3. The highest BCUT2D eigenvalue weighted by atomic mass is 15.0. The van der Waals surface area contributed by atoms with Gasteiger partial charge < -0.3 is 0 Å². The van der Waals surface area contributed by atoms with Crippen molar-refractivity contribution in [3.8, 4) is 67.5 Å². The highest BCUT2D eigenvalue weighted by molar-refractivity contribution is 6.22. The van der Waals surface area contributed by atoms with Gasteiger partial charge in [0.2, 0.25) is 0 Å². The fourth-order valence-corrected chi connectivity index (χ4v) is 8.48. The van der Waals surface area contributed by atoms with Gasteiger partial charge >= 0.3 is 0 Å². The molecule has 0 amide bonds. The molecule has 54 heavy (non-hydrogen) atoms. The summed E-state index contributed by atoms with van der Waals surface area (Å²) >= 11 is 0. The summed E-state index contributed by atoms with van der Waals surface area (Å²) in [4.78, 5) is 15.1. The third kappa shape index (κ3) is 5.15. The predicted molar refractivity (Wildman–Crippen MR) is 224 cm³/mol. The maximum absolute atomic E-state index is 5.07. The average Bonchev–Trinajstić information content (AvgIpc) is 3.44. The van der Waals surface area contributed by atoms with Crippen LogP contribution in [0.15, 0.2) is 170 Å². The third-order valence-corrected chi connectivity index (χ3v) is 11.1. The van der Waals surface area contributed by atoms with Gasteiger partial charge in [0.05, 0.1) is 0 Å². The molecule has 0 saturated carbocycles. The van der Waals surface area contributed by atoms with E-state index in [4.69, 9.17) is 15.0 Å². The van der Waals surface area contributed by atoms with Gasteiger partial charge in [-0.3, -0.25) is 0 Å². The molecular formula is C51H37N3. The predicted octanol–water partition coefficient (Wildman–Crippen LogP) is 13.1. The number of benzene rings is 8. The van der Waals surface area contributed by atoms with Crippen LogP contribution in [-0.4, -0.2) is 15.0 Å². The molecule has 0 saturated heterocycles. The molecule has 0 radical (unpaired) electrons. The zero-order valence-electron chi connectivity index (χ0n) is 30.5. The molecule has 0 bridgehead atoms. The van der Waals surface area contributed by atoms with E-state index in [0.717, 1.165) is 16.7 Å². The van der Waals surface area contributed by atoms with E-state index in [-0.39, 0.29) is 5.41 Å². The van der Waals surface area contributed by atoms with E-state index in [0.29, 0.717) is 17.5 Å². The van der Waals surface area contributed by atoms with Crippen molar-refractivity contribution in [2.45, 2.75) is 26.2 Å². The lowest BCUT2D eigenvalue weighted by Crippen LogP contribution is -2.15. The van der Waals surface area contributed by atoms with Crippen LogP contribution in [0.3, 0.4) is 0 Å². The first-order valence-corrected chi connectivity index (χ1v) is 18.6. The van der Waals surface area contributed by atoms with Crippen LogP contribution in [0.5, 0.6) is 0 Å². The molecular weight excluding hydrogens is 655 g/mol. The second kappa shape index (κ2) is 12.5. The summed E-state index contributed by atoms with van der Waals surface area (Å²) in [6.07, 6.45) is 0. The Morgan fingerprint density at radius 1 is 0.352 bits per heavy atom. The van der Waals surface area contributed by atoms with Crippen LogP contribution in [-0.2, 0) is 5.41 Å². The maximum Gasteiger partial charge on any atom is 0.164 e. The number of rotatable bonds is 5. The fraction of sp³-hybridized carbons (Fsp3) is 0.0784. The lowest BCUT2D eigenvalue weighted by atomic mass is 9.79. The van der Waals surface area contributed by atoms with E-state index in [9.17, 15) is 0 Å². The molecule has 1 aliphatic rings. The van der Waals surface area contributed by atoms with Crippen molar-refractivity contribution in [2.24, 2.45) is 0 Å². The van der Waals surface area contributed by atoms with E-state index < -0.39 is 0 Å². The first-order chi connectivity index (χ1) is 26.4. The van der Waals surface area contributed by atoms with E-state index in [1.165, 1.54) is 71.6 Å². The Kier molecular flexibility index (Phi) is 7.38. The Bertz CT molecular complexity index is 2820. The van der Waals surface area contributed by atoms with Gasteiger partial charge in [-0.05, 0) is 91.2 Å². The van der Waals surface area contributed by atoms with Gasteiger partial charge in [-0.15, -0.1) is 0 Å². The molecule has 1 aliphatic carbocycles. The largest absolute Gasteiger partial charge is 0.208 e. The topological polar surface area (TPSA) is 38.7 Å². The summed E-state index contributed by atoms with van der Waals surface area (Å²) in [5.41, 5.74) is 14.0. The minimum absolute atomic E-state index is 0.268. The number of fused-ring (bicyclic) bond motifs is 5. The Balaban J connectivity index is 1.22. The quantitative estimate of drug-likeness (QED) is 0.169. The van der Waals surface area contributed by atoms with Gasteiger partial charge in [-0.25, -0.2) is 15.0 Å². The average molecular weight is 692 g/mol. The molecule has 1 aromatic heterocycles. The van der Waals surface area contributed by atoms with Crippen LogP contribution in [0.4, 0.5) is 0 Å². The molecule has 256 valence electrons. The number of hydrogen-bond acceptors (Lipinski definition) is 3. The Morgan fingerprint density at radius 3 is 1.35 bits per heavy atom. The highest BCUT2D eigenvalue weighted by Crippen LogP contribution is 2.54. The molecule has 3 nitrogen and oxygen atoms in total. The van der Waals surface area contributed by atoms with E-state index >= 15 is 0 Å². The van der Waals surface area contributed by atoms with Gasteiger partial charge in [-0.1, -0.05) is 171 Å². The van der Waals surface area contributed by atoms with Gasteiger partial charge in [0.15, 0.2) is 17.5 Å². The molecule has 1 heterocycles. The molecule has 0 N–H and O–H groups in total. The van der Waals surface area contributed by atoms with Gasteiger partial charge in [0, 0.05) is 22.1 Å². The fourth-order valence-electron chi connectivity index (χ4n) is 8.48. The normalized spacial score (nSPS) is 12.9. The SMILES string of the molecule is Cc1ccc2c(-c3ccccc3)c3cc4c(cc3c(-c3ccccc3)c2c1)-c1ccc(-c2nc(-c3ccccc3)nc(-c3ccccc3)n2)cc1C4(C)C. The number of aryl methyl sites for hydroxylation is 1. The van der Waals surface area contributed by atoms with Crippen LogP contribution in [0.2, 0.25) is 0 Å². The van der Waals surface area contributed by atoms with Crippen molar-refractivity contribution < 1.29 is 0 Å². The Hall–Kier alpha value is -6.71. The van der Waals surface area contributed by atoms with Gasteiger partial charge in [0.25, 0.3) is 0 Å². The van der Waals surface area contributed by atoms with Crippen molar-refractivity contribution in [3.05, 3.63) is 187 Å². The minimum atomic E-state index is -0.268. The summed E-state index contributed by atoms with van der Waals surface area (Å²) < 4.78 is 0. The van der Waals surface area contributed by atoms with Crippen LogP contribution in [0.25, 0.3) is 89.1 Å². The molecule has 0 aliphatic heterocycles. The van der Waals surface area contributed by atoms with Crippen molar-refractivity contribution in [3.63, 3.8) is 0 Å². The smallest absolute Gasteiger partial charge is 0.164 e. The zero-order valence-corrected chi connectivity index (χ0v) is 30.5. The van der Waals surface area contributed by atoms with Crippen molar-refractivity contribution in [1.29, 1.82) is 0 Å². The lowest BCUT2D eigenvalue weighted by molar-refractivity contribution is 0.661. The number of aromatic nitrogens is 3. The molecule has 0 unspecified atom stereocenters. The van der Waals surface area contributed by atoms with E-state index in [1.807, 2.05) is 36.4 Å². The van der Waals surface area contributed by atoms with Crippen LogP contribution in [0, 0.1) is 6.92 Å². The minimum Gasteiger partial charge on any atom is -0.208 e. The van der Waals surface area contributed by atoms with E-state index in [1.54, 1.807) is 0 Å². The Morgan fingerprint density at radius 2 is 0.796 bits per heavy atom. The Labute approximate surface area is 315 Å². The maximum atomic E-state index is 5.07. The highest BCUT2D eigenvalue weighted by Gasteiger charge is 2.37. The van der Waals surface area contributed by atoms with Crippen molar-refractivity contribution >= 4 is 21.5 Å². The summed E-state index contributed by atoms with van der Waals surface area (Å²) in [5.74, 6) is 2.00. The van der Waals surface area contributed by atoms with Gasteiger partial charge in [-0.2, -0.15) is 0 Å². The first-order valence-electron chi connectivity index (χ1n) is 18.6. The summed E-state index contributed by atoms with van der Waals surface area (Å²) in [6.45, 7) is 6.91. The van der Waals surface area contributed by atoms with Crippen LogP contribution in [0.1, 0.15) is 30.5 Å². The molecule has 0 fully saturated rings. The second-order valence-corrected chi connectivity index (χ2v) is 14.9.